The third-order valence-corrected chi connectivity index (χ3v) is 5.23. The van der Waals surface area contributed by atoms with Gasteiger partial charge in [-0.05, 0) is 48.6 Å². The van der Waals surface area contributed by atoms with Crippen molar-refractivity contribution in [2.24, 2.45) is 5.10 Å². The van der Waals surface area contributed by atoms with Crippen LogP contribution in [0.5, 0.6) is 5.75 Å². The minimum atomic E-state index is 0.264. The van der Waals surface area contributed by atoms with E-state index in [2.05, 4.69) is 15.3 Å². The van der Waals surface area contributed by atoms with Gasteiger partial charge in [-0.15, -0.1) is 10.2 Å². The highest BCUT2D eigenvalue weighted by molar-refractivity contribution is 7.99. The van der Waals surface area contributed by atoms with Crippen molar-refractivity contribution in [3.05, 3.63) is 70.8 Å². The maximum absolute atomic E-state index is 6.20. The van der Waals surface area contributed by atoms with Gasteiger partial charge in [0, 0.05) is 0 Å². The van der Waals surface area contributed by atoms with Gasteiger partial charge in [-0.2, -0.15) is 9.78 Å². The highest BCUT2D eigenvalue weighted by Gasteiger charge is 2.15. The molecule has 4 aromatic rings. The van der Waals surface area contributed by atoms with Crippen LogP contribution in [0.15, 0.2) is 67.8 Å². The number of benzene rings is 1. The van der Waals surface area contributed by atoms with E-state index in [4.69, 9.17) is 25.2 Å². The molecule has 0 radical (unpaired) electrons. The minimum absolute atomic E-state index is 0.264. The van der Waals surface area contributed by atoms with Crippen molar-refractivity contribution in [1.82, 2.24) is 14.9 Å². The Morgan fingerprint density at radius 1 is 1.20 bits per heavy atom. The highest BCUT2D eigenvalue weighted by atomic mass is 35.5. The van der Waals surface area contributed by atoms with E-state index in [9.17, 15) is 0 Å². The lowest BCUT2D eigenvalue weighted by atomic mass is 10.2. The summed E-state index contributed by atoms with van der Waals surface area (Å²) in [5, 5.41) is 14.1. The van der Waals surface area contributed by atoms with E-state index in [1.807, 2.05) is 44.2 Å². The van der Waals surface area contributed by atoms with E-state index in [0.717, 1.165) is 11.3 Å². The lowest BCUT2D eigenvalue weighted by Crippen LogP contribution is -1.97. The zero-order chi connectivity index (χ0) is 20.9. The minimum Gasteiger partial charge on any atom is -0.484 e. The molecule has 0 bridgehead atoms. The largest absolute Gasteiger partial charge is 0.484 e. The summed E-state index contributed by atoms with van der Waals surface area (Å²) in [6.45, 7) is 4.25. The lowest BCUT2D eigenvalue weighted by Gasteiger charge is -2.09. The molecule has 0 N–H and O–H groups in total. The first-order valence-corrected chi connectivity index (χ1v) is 10.6. The molecule has 3 aromatic heterocycles. The topological polar surface area (TPSA) is 78.6 Å². The number of hydrogen-bond donors (Lipinski definition) is 0. The first kappa shape index (κ1) is 20.3. The van der Waals surface area contributed by atoms with Crippen molar-refractivity contribution in [3.8, 4) is 17.3 Å². The van der Waals surface area contributed by atoms with Crippen LogP contribution in [0.4, 0.5) is 0 Å². The Balaban J connectivity index is 1.51. The van der Waals surface area contributed by atoms with Crippen molar-refractivity contribution in [2.75, 3.05) is 5.75 Å². The molecule has 0 atom stereocenters. The molecule has 0 fully saturated rings. The van der Waals surface area contributed by atoms with E-state index in [0.29, 0.717) is 39.0 Å². The van der Waals surface area contributed by atoms with Gasteiger partial charge in [0.2, 0.25) is 11.0 Å². The van der Waals surface area contributed by atoms with Gasteiger partial charge < -0.3 is 13.6 Å². The number of nitrogens with zero attached hydrogens (tertiary/aromatic N) is 4. The Hall–Kier alpha value is -2.97. The molecule has 154 valence electrons. The SMILES string of the molecule is CCSc1nnc(-c2ccco2)n1N=Cc1ccc(COc2c(C)cccc2Cl)o1. The van der Waals surface area contributed by atoms with Gasteiger partial charge in [0.1, 0.15) is 23.9 Å². The molecule has 0 spiro atoms. The van der Waals surface area contributed by atoms with Gasteiger partial charge in [-0.1, -0.05) is 42.4 Å². The van der Waals surface area contributed by atoms with Gasteiger partial charge in [0.15, 0.2) is 5.76 Å². The average Bonchev–Trinajstić information content (AvgIpc) is 3.47. The van der Waals surface area contributed by atoms with Crippen LogP contribution in [0.2, 0.25) is 5.02 Å². The molecular weight excluding hydrogens is 424 g/mol. The number of furan rings is 2. The molecule has 0 aliphatic rings. The maximum Gasteiger partial charge on any atom is 0.221 e. The second kappa shape index (κ2) is 9.23. The van der Waals surface area contributed by atoms with Gasteiger partial charge in [-0.25, -0.2) is 0 Å². The molecule has 9 heteroatoms. The van der Waals surface area contributed by atoms with E-state index in [1.165, 1.54) is 11.8 Å². The molecule has 0 unspecified atom stereocenters. The van der Waals surface area contributed by atoms with E-state index in [1.54, 1.807) is 29.3 Å². The van der Waals surface area contributed by atoms with Crippen LogP contribution >= 0.6 is 23.4 Å². The second-order valence-corrected chi connectivity index (χ2v) is 7.89. The monoisotopic (exact) mass is 442 g/mol. The van der Waals surface area contributed by atoms with E-state index < -0.39 is 0 Å². The molecule has 3 heterocycles. The third kappa shape index (κ3) is 4.44. The first-order valence-electron chi connectivity index (χ1n) is 9.28. The van der Waals surface area contributed by atoms with Crippen LogP contribution in [0.3, 0.4) is 0 Å². The number of hydrogen-bond acceptors (Lipinski definition) is 7. The fraction of sp³-hybridized carbons (Fsp3) is 0.190. The number of aromatic nitrogens is 3. The quantitative estimate of drug-likeness (QED) is 0.258. The summed E-state index contributed by atoms with van der Waals surface area (Å²) in [5.41, 5.74) is 0.967. The summed E-state index contributed by atoms with van der Waals surface area (Å²) in [7, 11) is 0. The number of halogens is 1. The van der Waals surface area contributed by atoms with Crippen LogP contribution in [0.1, 0.15) is 24.0 Å². The molecule has 0 saturated heterocycles. The maximum atomic E-state index is 6.20. The normalized spacial score (nSPS) is 11.4. The van der Waals surface area contributed by atoms with Crippen LogP contribution < -0.4 is 4.74 Å². The van der Waals surface area contributed by atoms with Gasteiger partial charge in [0.05, 0.1) is 17.5 Å². The molecule has 0 amide bonds. The van der Waals surface area contributed by atoms with Gasteiger partial charge in [-0.3, -0.25) is 0 Å². The lowest BCUT2D eigenvalue weighted by molar-refractivity contribution is 0.268. The Kier molecular flexibility index (Phi) is 6.25. The molecule has 7 nitrogen and oxygen atoms in total. The zero-order valence-electron chi connectivity index (χ0n) is 16.4. The predicted octanol–water partition coefficient (Wildman–Crippen LogP) is 5.67. The summed E-state index contributed by atoms with van der Waals surface area (Å²) in [4.78, 5) is 0. The summed E-state index contributed by atoms with van der Waals surface area (Å²) in [6, 6.07) is 12.9. The molecule has 0 aliphatic heterocycles. The fourth-order valence-corrected chi connectivity index (χ4v) is 3.64. The molecular formula is C21H19ClN4O3S. The summed E-state index contributed by atoms with van der Waals surface area (Å²) in [5.74, 6) is 3.85. The average molecular weight is 443 g/mol. The van der Waals surface area contributed by atoms with Crippen LogP contribution in [-0.4, -0.2) is 26.8 Å². The summed E-state index contributed by atoms with van der Waals surface area (Å²) in [6.07, 6.45) is 3.20. The number of aryl methyl sites for hydroxylation is 1. The predicted molar refractivity (Wildman–Crippen MR) is 116 cm³/mol. The number of para-hydroxylation sites is 1. The zero-order valence-corrected chi connectivity index (χ0v) is 18.0. The Labute approximate surface area is 182 Å². The Bertz CT molecular complexity index is 1130. The van der Waals surface area contributed by atoms with Crippen LogP contribution in [-0.2, 0) is 6.61 Å². The van der Waals surface area contributed by atoms with Crippen molar-refractivity contribution < 1.29 is 13.6 Å². The molecule has 1 aromatic carbocycles. The molecule has 0 saturated carbocycles. The van der Waals surface area contributed by atoms with Crippen molar-refractivity contribution in [1.29, 1.82) is 0 Å². The highest BCUT2D eigenvalue weighted by Crippen LogP contribution is 2.29. The third-order valence-electron chi connectivity index (χ3n) is 4.13. The Morgan fingerprint density at radius 2 is 2.10 bits per heavy atom. The van der Waals surface area contributed by atoms with E-state index in [-0.39, 0.29) is 6.61 Å². The molecule has 30 heavy (non-hydrogen) atoms. The smallest absolute Gasteiger partial charge is 0.221 e. The van der Waals surface area contributed by atoms with Gasteiger partial charge in [0.25, 0.3) is 0 Å². The fourth-order valence-electron chi connectivity index (χ4n) is 2.75. The summed E-state index contributed by atoms with van der Waals surface area (Å²) < 4.78 is 18.7. The summed E-state index contributed by atoms with van der Waals surface area (Å²) >= 11 is 7.74. The number of thioether (sulfide) groups is 1. The Morgan fingerprint density at radius 3 is 2.87 bits per heavy atom. The van der Waals surface area contributed by atoms with Gasteiger partial charge >= 0.3 is 0 Å². The standard InChI is InChI=1S/C21H19ClN4O3S/c1-3-30-21-25-24-20(18-8-5-11-27-18)26(21)23-12-15-9-10-16(29-15)13-28-19-14(2)6-4-7-17(19)22/h4-12H,3,13H2,1-2H3. The van der Waals surface area contributed by atoms with E-state index >= 15 is 0 Å². The second-order valence-electron chi connectivity index (χ2n) is 6.25. The van der Waals surface area contributed by atoms with Crippen molar-refractivity contribution in [2.45, 2.75) is 25.6 Å². The number of rotatable bonds is 8. The van der Waals surface area contributed by atoms with Crippen molar-refractivity contribution >= 4 is 29.6 Å². The number of ether oxygens (including phenoxy) is 1. The van der Waals surface area contributed by atoms with Crippen LogP contribution in [0.25, 0.3) is 11.6 Å². The first-order chi connectivity index (χ1) is 14.7. The molecule has 0 aliphatic carbocycles. The molecule has 4 rings (SSSR count). The van der Waals surface area contributed by atoms with Crippen molar-refractivity contribution in [3.63, 3.8) is 0 Å². The van der Waals surface area contributed by atoms with Crippen LogP contribution in [0, 0.1) is 6.92 Å².